The lowest BCUT2D eigenvalue weighted by atomic mass is 10.1. The monoisotopic (exact) mass is 311 g/mol. The van der Waals surface area contributed by atoms with Crippen molar-refractivity contribution in [3.63, 3.8) is 0 Å². The molecule has 2 rings (SSSR count). The predicted octanol–water partition coefficient (Wildman–Crippen LogP) is 4.25. The summed E-state index contributed by atoms with van der Waals surface area (Å²) in [5.41, 5.74) is 0.734. The number of hydrogen-bond acceptors (Lipinski definition) is 2. The second kappa shape index (κ2) is 8.37. The first-order chi connectivity index (χ1) is 11.1. The number of hydrogen-bond donors (Lipinski definition) is 0. The Hall–Kier alpha value is -2.29. The second-order valence-corrected chi connectivity index (χ2v) is 6.15. The Bertz CT molecular complexity index is 596. The van der Waals surface area contributed by atoms with Crippen molar-refractivity contribution in [2.45, 2.75) is 26.8 Å². The third-order valence-corrected chi connectivity index (χ3v) is 3.69. The van der Waals surface area contributed by atoms with Gasteiger partial charge in [-0.1, -0.05) is 43.3 Å². The van der Waals surface area contributed by atoms with Gasteiger partial charge in [0, 0.05) is 24.1 Å². The smallest absolute Gasteiger partial charge is 0.254 e. The maximum atomic E-state index is 12.7. The molecule has 0 saturated heterocycles. The van der Waals surface area contributed by atoms with Crippen molar-refractivity contribution in [1.82, 2.24) is 4.90 Å². The molecule has 0 saturated carbocycles. The van der Waals surface area contributed by atoms with E-state index in [1.807, 2.05) is 79.4 Å². The van der Waals surface area contributed by atoms with Crippen LogP contribution in [0.1, 0.15) is 31.1 Å². The maximum absolute atomic E-state index is 12.7. The lowest BCUT2D eigenvalue weighted by molar-refractivity contribution is 0.0656. The molecule has 0 aromatic heterocycles. The molecule has 122 valence electrons. The Morgan fingerprint density at radius 1 is 0.957 bits per heavy atom. The van der Waals surface area contributed by atoms with Crippen molar-refractivity contribution in [2.24, 2.45) is 5.92 Å². The normalized spacial score (nSPS) is 12.0. The van der Waals surface area contributed by atoms with E-state index in [9.17, 15) is 4.79 Å². The van der Waals surface area contributed by atoms with Crippen molar-refractivity contribution in [2.75, 3.05) is 13.2 Å². The largest absolute Gasteiger partial charge is 0.493 e. The van der Waals surface area contributed by atoms with Crippen LogP contribution >= 0.6 is 0 Å². The molecule has 2 aromatic carbocycles. The number of ether oxygens (including phenoxy) is 1. The lowest BCUT2D eigenvalue weighted by Gasteiger charge is -2.29. The van der Waals surface area contributed by atoms with E-state index in [1.165, 1.54) is 0 Å². The van der Waals surface area contributed by atoms with Crippen LogP contribution in [0.25, 0.3) is 0 Å². The molecule has 0 spiro atoms. The van der Waals surface area contributed by atoms with Crippen molar-refractivity contribution < 1.29 is 9.53 Å². The predicted molar refractivity (Wildman–Crippen MR) is 93.7 cm³/mol. The summed E-state index contributed by atoms with van der Waals surface area (Å²) < 4.78 is 5.80. The first-order valence-electron chi connectivity index (χ1n) is 8.11. The highest BCUT2D eigenvalue weighted by Crippen LogP contribution is 2.14. The van der Waals surface area contributed by atoms with Crippen LogP contribution in [-0.2, 0) is 0 Å². The first kappa shape index (κ1) is 17.1. The molecule has 0 radical (unpaired) electrons. The average Bonchev–Trinajstić information content (AvgIpc) is 2.58. The average molecular weight is 311 g/mol. The highest BCUT2D eigenvalue weighted by molar-refractivity contribution is 5.94. The summed E-state index contributed by atoms with van der Waals surface area (Å²) in [5, 5.41) is 0. The molecule has 2 aromatic rings. The Balaban J connectivity index is 1.95. The molecule has 0 aliphatic rings. The molecule has 0 fully saturated rings. The van der Waals surface area contributed by atoms with Crippen LogP contribution in [0.15, 0.2) is 60.7 Å². The summed E-state index contributed by atoms with van der Waals surface area (Å²) in [7, 11) is 0. The zero-order valence-electron chi connectivity index (χ0n) is 14.1. The SMILES string of the molecule is CC(COc1ccccc1)CN(C(=O)c1ccccc1)C(C)C. The Morgan fingerprint density at radius 2 is 1.52 bits per heavy atom. The molecule has 1 atom stereocenters. The third kappa shape index (κ3) is 5.13. The molecule has 1 amide bonds. The van der Waals surface area contributed by atoms with E-state index in [4.69, 9.17) is 4.74 Å². The molecular formula is C20H25NO2. The molecule has 0 N–H and O–H groups in total. The quantitative estimate of drug-likeness (QED) is 0.765. The number of nitrogens with zero attached hydrogens (tertiary/aromatic N) is 1. The molecule has 3 nitrogen and oxygen atoms in total. The first-order valence-corrected chi connectivity index (χ1v) is 8.11. The number of carbonyl (C=O) groups is 1. The van der Waals surface area contributed by atoms with Crippen molar-refractivity contribution >= 4 is 5.91 Å². The van der Waals surface area contributed by atoms with Gasteiger partial charge in [0.05, 0.1) is 6.61 Å². The molecule has 3 heteroatoms. The minimum atomic E-state index is 0.0761. The fourth-order valence-electron chi connectivity index (χ4n) is 2.42. The van der Waals surface area contributed by atoms with Crippen molar-refractivity contribution in [3.8, 4) is 5.75 Å². The molecule has 0 aliphatic carbocycles. The van der Waals surface area contributed by atoms with Crippen LogP contribution in [0.2, 0.25) is 0 Å². The van der Waals surface area contributed by atoms with E-state index in [0.29, 0.717) is 13.2 Å². The molecule has 0 aliphatic heterocycles. The van der Waals surface area contributed by atoms with Gasteiger partial charge in [-0.2, -0.15) is 0 Å². The Labute approximate surface area is 138 Å². The number of benzene rings is 2. The zero-order valence-corrected chi connectivity index (χ0v) is 14.1. The topological polar surface area (TPSA) is 29.5 Å². The zero-order chi connectivity index (χ0) is 16.7. The van der Waals surface area contributed by atoms with Gasteiger partial charge in [0.2, 0.25) is 0 Å². The van der Waals surface area contributed by atoms with Crippen LogP contribution in [0.3, 0.4) is 0 Å². The standard InChI is InChI=1S/C20H25NO2/c1-16(2)21(20(22)18-10-6-4-7-11-18)14-17(3)15-23-19-12-8-5-9-13-19/h4-13,16-17H,14-15H2,1-3H3. The number of rotatable bonds is 7. The minimum absolute atomic E-state index is 0.0761. The summed E-state index contributed by atoms with van der Waals surface area (Å²) in [6.07, 6.45) is 0. The Morgan fingerprint density at radius 3 is 2.09 bits per heavy atom. The summed E-state index contributed by atoms with van der Waals surface area (Å²) in [6.45, 7) is 7.47. The van der Waals surface area contributed by atoms with Crippen LogP contribution in [0, 0.1) is 5.92 Å². The van der Waals surface area contributed by atoms with Crippen LogP contribution in [-0.4, -0.2) is 30.0 Å². The maximum Gasteiger partial charge on any atom is 0.254 e. The molecule has 1 unspecified atom stereocenters. The van der Waals surface area contributed by atoms with E-state index in [1.54, 1.807) is 0 Å². The van der Waals surface area contributed by atoms with Gasteiger partial charge in [0.1, 0.15) is 5.75 Å². The molecule has 0 heterocycles. The van der Waals surface area contributed by atoms with E-state index < -0.39 is 0 Å². The summed E-state index contributed by atoms with van der Waals surface area (Å²) >= 11 is 0. The molecule has 23 heavy (non-hydrogen) atoms. The number of amides is 1. The second-order valence-electron chi connectivity index (χ2n) is 6.15. The van der Waals surface area contributed by atoms with Crippen molar-refractivity contribution in [3.05, 3.63) is 66.2 Å². The molecule has 0 bridgehead atoms. The van der Waals surface area contributed by atoms with Gasteiger partial charge in [0.15, 0.2) is 0 Å². The van der Waals surface area contributed by atoms with Crippen LogP contribution < -0.4 is 4.74 Å². The number of carbonyl (C=O) groups excluding carboxylic acids is 1. The van der Waals surface area contributed by atoms with Gasteiger partial charge in [-0.3, -0.25) is 4.79 Å². The number of para-hydroxylation sites is 1. The van der Waals surface area contributed by atoms with Crippen LogP contribution in [0.5, 0.6) is 5.75 Å². The van der Waals surface area contributed by atoms with Gasteiger partial charge < -0.3 is 9.64 Å². The van der Waals surface area contributed by atoms with E-state index >= 15 is 0 Å². The molecular weight excluding hydrogens is 286 g/mol. The Kier molecular flexibility index (Phi) is 6.21. The third-order valence-electron chi connectivity index (χ3n) is 3.69. The van der Waals surface area contributed by atoms with E-state index in [2.05, 4.69) is 6.92 Å². The fourth-order valence-corrected chi connectivity index (χ4v) is 2.42. The van der Waals surface area contributed by atoms with Gasteiger partial charge in [0.25, 0.3) is 5.91 Å². The van der Waals surface area contributed by atoms with E-state index in [-0.39, 0.29) is 17.9 Å². The minimum Gasteiger partial charge on any atom is -0.493 e. The van der Waals surface area contributed by atoms with Gasteiger partial charge in [-0.05, 0) is 38.1 Å². The lowest BCUT2D eigenvalue weighted by Crippen LogP contribution is -2.41. The summed E-state index contributed by atoms with van der Waals surface area (Å²) in [5.74, 6) is 1.20. The van der Waals surface area contributed by atoms with Crippen LogP contribution in [0.4, 0.5) is 0 Å². The summed E-state index contributed by atoms with van der Waals surface area (Å²) in [4.78, 5) is 14.6. The fraction of sp³-hybridized carbons (Fsp3) is 0.350. The highest BCUT2D eigenvalue weighted by atomic mass is 16.5. The van der Waals surface area contributed by atoms with E-state index in [0.717, 1.165) is 11.3 Å². The van der Waals surface area contributed by atoms with Gasteiger partial charge in [-0.15, -0.1) is 0 Å². The van der Waals surface area contributed by atoms with Gasteiger partial charge in [-0.25, -0.2) is 0 Å². The van der Waals surface area contributed by atoms with Gasteiger partial charge >= 0.3 is 0 Å². The highest BCUT2D eigenvalue weighted by Gasteiger charge is 2.21. The van der Waals surface area contributed by atoms with Crippen molar-refractivity contribution in [1.29, 1.82) is 0 Å². The summed E-state index contributed by atoms with van der Waals surface area (Å²) in [6, 6.07) is 19.4.